The molecule has 7 nitrogen and oxygen atoms in total. The SMILES string of the molecule is CCNC(=O)C1(Cc2cc(-c3ccc(C)cc3)no2)CCCN(C(=O)c2ccncc2)C1. The maximum atomic E-state index is 13.2. The number of nitrogens with one attached hydrogen (secondary N) is 1. The van der Waals surface area contributed by atoms with Gasteiger partial charge in [0.25, 0.3) is 5.91 Å². The molecule has 2 amide bonds. The number of hydrogen-bond donors (Lipinski definition) is 1. The van der Waals surface area contributed by atoms with Crippen molar-refractivity contribution >= 4 is 11.8 Å². The number of nitrogens with zero attached hydrogens (tertiary/aromatic N) is 3. The molecular weight excluding hydrogens is 404 g/mol. The molecule has 1 saturated heterocycles. The van der Waals surface area contributed by atoms with Gasteiger partial charge in [0.05, 0.1) is 5.41 Å². The molecule has 0 saturated carbocycles. The number of benzene rings is 1. The van der Waals surface area contributed by atoms with Crippen LogP contribution in [0.15, 0.2) is 59.4 Å². The largest absolute Gasteiger partial charge is 0.361 e. The van der Waals surface area contributed by atoms with Crippen LogP contribution in [0.5, 0.6) is 0 Å². The van der Waals surface area contributed by atoms with E-state index in [0.29, 0.717) is 43.8 Å². The summed E-state index contributed by atoms with van der Waals surface area (Å²) in [5.41, 5.74) is 2.70. The van der Waals surface area contributed by atoms with E-state index < -0.39 is 5.41 Å². The van der Waals surface area contributed by atoms with Crippen molar-refractivity contribution in [2.45, 2.75) is 33.1 Å². The summed E-state index contributed by atoms with van der Waals surface area (Å²) in [6.45, 7) is 5.42. The molecule has 3 aromatic rings. The Labute approximate surface area is 187 Å². The summed E-state index contributed by atoms with van der Waals surface area (Å²) in [5.74, 6) is 0.504. The normalized spacial score (nSPS) is 18.4. The number of rotatable bonds is 6. The molecule has 166 valence electrons. The van der Waals surface area contributed by atoms with Gasteiger partial charge in [-0.2, -0.15) is 0 Å². The first-order valence-electron chi connectivity index (χ1n) is 11.0. The number of aryl methyl sites for hydroxylation is 1. The van der Waals surface area contributed by atoms with Gasteiger partial charge in [0.1, 0.15) is 11.5 Å². The smallest absolute Gasteiger partial charge is 0.253 e. The van der Waals surface area contributed by atoms with Gasteiger partial charge >= 0.3 is 0 Å². The van der Waals surface area contributed by atoms with Gasteiger partial charge in [-0.25, -0.2) is 0 Å². The third-order valence-electron chi connectivity index (χ3n) is 6.03. The van der Waals surface area contributed by atoms with E-state index in [4.69, 9.17) is 4.52 Å². The highest BCUT2D eigenvalue weighted by molar-refractivity contribution is 5.95. The van der Waals surface area contributed by atoms with Crippen LogP contribution < -0.4 is 5.32 Å². The van der Waals surface area contributed by atoms with Gasteiger partial charge in [-0.1, -0.05) is 35.0 Å². The fraction of sp³-hybridized carbons (Fsp3) is 0.360. The molecule has 0 aliphatic carbocycles. The van der Waals surface area contributed by atoms with Gasteiger partial charge in [0.2, 0.25) is 5.91 Å². The maximum Gasteiger partial charge on any atom is 0.253 e. The van der Waals surface area contributed by atoms with Crippen molar-refractivity contribution in [1.29, 1.82) is 0 Å². The van der Waals surface area contributed by atoms with E-state index in [1.807, 2.05) is 44.2 Å². The van der Waals surface area contributed by atoms with E-state index >= 15 is 0 Å². The van der Waals surface area contributed by atoms with Crippen LogP contribution in [-0.4, -0.2) is 46.5 Å². The Morgan fingerprint density at radius 2 is 1.91 bits per heavy atom. The first-order valence-corrected chi connectivity index (χ1v) is 11.0. The summed E-state index contributed by atoms with van der Waals surface area (Å²) in [7, 11) is 0. The molecular formula is C25H28N4O3. The third-order valence-corrected chi connectivity index (χ3v) is 6.03. The summed E-state index contributed by atoms with van der Waals surface area (Å²) in [6.07, 6.45) is 5.02. The summed E-state index contributed by atoms with van der Waals surface area (Å²) < 4.78 is 5.64. The maximum absolute atomic E-state index is 13.2. The number of pyridine rings is 1. The standard InChI is InChI=1S/C25H28N4O3/c1-3-27-24(31)25(11-4-14-29(17-25)23(30)20-9-12-26-13-10-20)16-21-15-22(28-32-21)19-7-5-18(2)6-8-19/h5-10,12-13,15H,3-4,11,14,16-17H2,1-2H3,(H,27,31). The summed E-state index contributed by atoms with van der Waals surface area (Å²) in [4.78, 5) is 32.0. The van der Waals surface area contributed by atoms with Crippen molar-refractivity contribution in [1.82, 2.24) is 20.4 Å². The van der Waals surface area contributed by atoms with Crippen LogP contribution in [0.1, 0.15) is 41.4 Å². The zero-order valence-corrected chi connectivity index (χ0v) is 18.5. The van der Waals surface area contributed by atoms with E-state index in [2.05, 4.69) is 15.5 Å². The first kappa shape index (κ1) is 21.7. The highest BCUT2D eigenvalue weighted by Crippen LogP contribution is 2.36. The number of amides is 2. The molecule has 3 heterocycles. The Morgan fingerprint density at radius 3 is 2.62 bits per heavy atom. The van der Waals surface area contributed by atoms with Crippen molar-refractivity contribution in [3.63, 3.8) is 0 Å². The van der Waals surface area contributed by atoms with E-state index in [1.165, 1.54) is 5.56 Å². The predicted molar refractivity (Wildman–Crippen MR) is 121 cm³/mol. The zero-order valence-electron chi connectivity index (χ0n) is 18.5. The molecule has 1 fully saturated rings. The first-order chi connectivity index (χ1) is 15.5. The van der Waals surface area contributed by atoms with Crippen molar-refractivity contribution in [3.05, 3.63) is 71.7 Å². The van der Waals surface area contributed by atoms with E-state index in [1.54, 1.807) is 29.4 Å². The van der Waals surface area contributed by atoms with Crippen molar-refractivity contribution < 1.29 is 14.1 Å². The van der Waals surface area contributed by atoms with Crippen molar-refractivity contribution in [2.24, 2.45) is 5.41 Å². The number of hydrogen-bond acceptors (Lipinski definition) is 5. The minimum Gasteiger partial charge on any atom is -0.361 e. The monoisotopic (exact) mass is 432 g/mol. The molecule has 4 rings (SSSR count). The molecule has 0 bridgehead atoms. The molecule has 1 aromatic carbocycles. The number of aromatic nitrogens is 2. The van der Waals surface area contributed by atoms with E-state index in [9.17, 15) is 9.59 Å². The Bertz CT molecular complexity index is 1080. The lowest BCUT2D eigenvalue weighted by molar-refractivity contribution is -0.133. The lowest BCUT2D eigenvalue weighted by Gasteiger charge is -2.41. The topological polar surface area (TPSA) is 88.3 Å². The lowest BCUT2D eigenvalue weighted by Crippen LogP contribution is -2.54. The molecule has 7 heteroatoms. The van der Waals surface area contributed by atoms with Crippen LogP contribution in [-0.2, 0) is 11.2 Å². The number of piperidine rings is 1. The van der Waals surface area contributed by atoms with Gasteiger partial charge in [-0.15, -0.1) is 0 Å². The van der Waals surface area contributed by atoms with E-state index in [-0.39, 0.29) is 11.8 Å². The highest BCUT2D eigenvalue weighted by atomic mass is 16.5. The molecule has 0 spiro atoms. The fourth-order valence-corrected chi connectivity index (χ4v) is 4.33. The van der Waals surface area contributed by atoms with Crippen LogP contribution in [0.4, 0.5) is 0 Å². The molecule has 1 unspecified atom stereocenters. The quantitative estimate of drug-likeness (QED) is 0.642. The Morgan fingerprint density at radius 1 is 1.16 bits per heavy atom. The molecule has 1 aliphatic heterocycles. The molecule has 1 aliphatic rings. The van der Waals surface area contributed by atoms with Gasteiger partial charge in [0.15, 0.2) is 0 Å². The molecule has 1 atom stereocenters. The van der Waals surface area contributed by atoms with Crippen LogP contribution >= 0.6 is 0 Å². The summed E-state index contributed by atoms with van der Waals surface area (Å²) >= 11 is 0. The highest BCUT2D eigenvalue weighted by Gasteiger charge is 2.44. The second-order valence-corrected chi connectivity index (χ2v) is 8.43. The van der Waals surface area contributed by atoms with Crippen LogP contribution in [0, 0.1) is 12.3 Å². The lowest BCUT2D eigenvalue weighted by atomic mass is 9.75. The number of likely N-dealkylation sites (tertiary alicyclic amines) is 1. The molecule has 1 N–H and O–H groups in total. The Kier molecular flexibility index (Phi) is 6.35. The van der Waals surface area contributed by atoms with Crippen LogP contribution in [0.25, 0.3) is 11.3 Å². The number of carbonyl (C=O) groups is 2. The van der Waals surface area contributed by atoms with Gasteiger partial charge < -0.3 is 14.7 Å². The van der Waals surface area contributed by atoms with Crippen LogP contribution in [0.3, 0.4) is 0 Å². The minimum absolute atomic E-state index is 0.0551. The van der Waals surface area contributed by atoms with Gasteiger partial charge in [-0.05, 0) is 38.8 Å². The van der Waals surface area contributed by atoms with Crippen LogP contribution in [0.2, 0.25) is 0 Å². The Hall–Kier alpha value is -3.48. The minimum atomic E-state index is -0.763. The predicted octanol–water partition coefficient (Wildman–Crippen LogP) is 3.65. The van der Waals surface area contributed by atoms with Gasteiger partial charge in [0, 0.05) is 55.6 Å². The second kappa shape index (κ2) is 9.34. The molecule has 32 heavy (non-hydrogen) atoms. The average molecular weight is 433 g/mol. The van der Waals surface area contributed by atoms with Crippen molar-refractivity contribution in [3.8, 4) is 11.3 Å². The van der Waals surface area contributed by atoms with Crippen molar-refractivity contribution in [2.75, 3.05) is 19.6 Å². The Balaban J connectivity index is 1.59. The summed E-state index contributed by atoms with van der Waals surface area (Å²) in [6, 6.07) is 13.4. The van der Waals surface area contributed by atoms with Gasteiger partial charge in [-0.3, -0.25) is 14.6 Å². The second-order valence-electron chi connectivity index (χ2n) is 8.43. The third kappa shape index (κ3) is 4.56. The molecule has 2 aromatic heterocycles. The fourth-order valence-electron chi connectivity index (χ4n) is 4.33. The zero-order chi connectivity index (χ0) is 22.6. The van der Waals surface area contributed by atoms with E-state index in [0.717, 1.165) is 17.7 Å². The summed E-state index contributed by atoms with van der Waals surface area (Å²) in [5, 5.41) is 7.20. The average Bonchev–Trinajstić information content (AvgIpc) is 3.28. The molecule has 0 radical (unpaired) electrons. The number of carbonyl (C=O) groups excluding carboxylic acids is 2.